The smallest absolute Gasteiger partial charge is 0.337 e. The molecule has 9 atom stereocenters. The molecule has 7 N–H and O–H groups in total. The molecule has 0 bridgehead atoms. The first-order valence-electron chi connectivity index (χ1n) is 15.8. The number of amides is 1. The Kier molecular flexibility index (Phi) is 11.4. The van der Waals surface area contributed by atoms with Crippen LogP contribution >= 0.6 is 0 Å². The number of aliphatic hydroxyl groups excluding tert-OH is 4. The molecule has 1 amide bonds. The lowest BCUT2D eigenvalue weighted by Gasteiger charge is -2.44. The van der Waals surface area contributed by atoms with Gasteiger partial charge in [-0.15, -0.1) is 6.58 Å². The van der Waals surface area contributed by atoms with Gasteiger partial charge >= 0.3 is 5.97 Å². The van der Waals surface area contributed by atoms with Crippen LogP contribution < -0.4 is 4.74 Å². The lowest BCUT2D eigenvalue weighted by atomic mass is 9.76. The fourth-order valence-corrected chi connectivity index (χ4v) is 6.59. The van der Waals surface area contributed by atoms with E-state index in [1.165, 1.54) is 50.6 Å². The van der Waals surface area contributed by atoms with Crippen molar-refractivity contribution in [3.05, 3.63) is 77.6 Å². The summed E-state index contributed by atoms with van der Waals surface area (Å²) in [6.07, 6.45) is -3.38. The molecular weight excluding hydrogens is 658 g/mol. The number of fused-ring (bicyclic) bond motifs is 1. The summed E-state index contributed by atoms with van der Waals surface area (Å²) in [5, 5.41) is 71.7. The van der Waals surface area contributed by atoms with E-state index in [0.717, 1.165) is 6.26 Å². The second kappa shape index (κ2) is 15.5. The van der Waals surface area contributed by atoms with Crippen molar-refractivity contribution in [1.82, 2.24) is 4.90 Å². The molecule has 2 aromatic rings. The van der Waals surface area contributed by atoms with E-state index in [-0.39, 0.29) is 35.8 Å². The first-order chi connectivity index (χ1) is 23.9. The van der Waals surface area contributed by atoms with Gasteiger partial charge in [0.05, 0.1) is 38.7 Å². The van der Waals surface area contributed by atoms with Gasteiger partial charge in [0, 0.05) is 24.5 Å². The first kappa shape index (κ1) is 36.6. The van der Waals surface area contributed by atoms with Gasteiger partial charge in [-0.2, -0.15) is 0 Å². The molecule has 2 aromatic carbocycles. The number of carbonyl (C=O) groups is 2. The number of aliphatic hydroxyl groups is 4. The van der Waals surface area contributed by atoms with Crippen LogP contribution in [0.3, 0.4) is 0 Å². The number of hydrogen-bond acceptors (Lipinski definition) is 14. The molecule has 15 heteroatoms. The maximum atomic E-state index is 13.9. The predicted octanol–water partition coefficient (Wildman–Crippen LogP) is 0.989. The van der Waals surface area contributed by atoms with Gasteiger partial charge in [-0.3, -0.25) is 4.79 Å². The molecule has 1 saturated heterocycles. The van der Waals surface area contributed by atoms with Crippen molar-refractivity contribution in [1.29, 1.82) is 0 Å². The Bertz CT molecular complexity index is 1640. The zero-order valence-corrected chi connectivity index (χ0v) is 27.4. The number of ether oxygens (including phenoxy) is 5. The SMILES string of the molecule is C=C[C@H]1[C@H](O[C@H]2O[C@H](CO)[C@@H](O)[C@H](O)[C@H]2O)OC=C(C(=O)OC)[C@H]1C[C@@H]1c2cc(O)c(O)cc2CCN1C(=O)/C=C\c1ccc(OC)c(O)c1. The molecule has 15 nitrogen and oxygen atoms in total. The van der Waals surface area contributed by atoms with Crippen LogP contribution in [0, 0.1) is 11.8 Å². The van der Waals surface area contributed by atoms with Crippen LogP contribution in [0.1, 0.15) is 29.2 Å². The van der Waals surface area contributed by atoms with Crippen molar-refractivity contribution in [2.75, 3.05) is 27.4 Å². The molecule has 270 valence electrons. The number of rotatable bonds is 10. The standard InChI is InChI=1S/C35H41NO14/c1-4-19-21(22(33(45)47-3)16-48-34(19)50-35-32(44)31(43)30(42)28(15-37)49-35)13-23-20-14-25(39)24(38)12-18(20)9-10-36(23)29(41)8-6-17-5-7-27(46-2)26(40)11-17/h4-8,11-12,14,16,19,21,23,28,30-32,34-35,37-40,42-44H,1,9-10,13,15H2,2-3H3/b8-6-/t19-,21+,23-,28-,30-,31+,32-,34+,35-/m1/s1. The average Bonchev–Trinajstić information content (AvgIpc) is 3.11. The molecule has 0 spiro atoms. The van der Waals surface area contributed by atoms with Crippen LogP contribution in [0.25, 0.3) is 6.08 Å². The number of esters is 1. The predicted molar refractivity (Wildman–Crippen MR) is 173 cm³/mol. The first-order valence-corrected chi connectivity index (χ1v) is 15.8. The number of methoxy groups -OCH3 is 2. The maximum absolute atomic E-state index is 13.9. The zero-order valence-electron chi connectivity index (χ0n) is 27.4. The zero-order chi connectivity index (χ0) is 36.3. The van der Waals surface area contributed by atoms with E-state index in [2.05, 4.69) is 6.58 Å². The Hall–Kier alpha value is -4.64. The van der Waals surface area contributed by atoms with Crippen molar-refractivity contribution < 1.29 is 69.0 Å². The molecule has 50 heavy (non-hydrogen) atoms. The largest absolute Gasteiger partial charge is 0.504 e. The van der Waals surface area contributed by atoms with E-state index in [1.54, 1.807) is 17.0 Å². The molecule has 5 rings (SSSR count). The Morgan fingerprint density at radius 3 is 2.40 bits per heavy atom. The number of carbonyl (C=O) groups excluding carboxylic acids is 2. The summed E-state index contributed by atoms with van der Waals surface area (Å²) in [6.45, 7) is 3.42. The van der Waals surface area contributed by atoms with E-state index in [1.807, 2.05) is 0 Å². The third kappa shape index (κ3) is 7.28. The van der Waals surface area contributed by atoms with Gasteiger partial charge in [-0.05, 0) is 59.9 Å². The molecule has 3 heterocycles. The van der Waals surface area contributed by atoms with Crippen LogP contribution in [0.2, 0.25) is 0 Å². The summed E-state index contributed by atoms with van der Waals surface area (Å²) in [4.78, 5) is 28.5. The van der Waals surface area contributed by atoms with Crippen LogP contribution in [0.5, 0.6) is 23.0 Å². The summed E-state index contributed by atoms with van der Waals surface area (Å²) < 4.78 is 27.3. The lowest BCUT2D eigenvalue weighted by Crippen LogP contribution is -2.60. The molecule has 0 saturated carbocycles. The summed E-state index contributed by atoms with van der Waals surface area (Å²) in [6, 6.07) is 6.65. The summed E-state index contributed by atoms with van der Waals surface area (Å²) in [7, 11) is 2.60. The minimum absolute atomic E-state index is 0.0235. The van der Waals surface area contributed by atoms with Gasteiger partial charge in [0.25, 0.3) is 0 Å². The normalized spacial score (nSPS) is 29.4. The number of aromatic hydroxyl groups is 3. The monoisotopic (exact) mass is 699 g/mol. The molecule has 0 unspecified atom stereocenters. The number of hydrogen-bond donors (Lipinski definition) is 7. The van der Waals surface area contributed by atoms with E-state index >= 15 is 0 Å². The van der Waals surface area contributed by atoms with Crippen LogP contribution in [0.4, 0.5) is 0 Å². The highest BCUT2D eigenvalue weighted by molar-refractivity contribution is 5.92. The third-order valence-corrected chi connectivity index (χ3v) is 9.29. The van der Waals surface area contributed by atoms with Gasteiger partial charge in [0.15, 0.2) is 29.3 Å². The minimum Gasteiger partial charge on any atom is -0.504 e. The Balaban J connectivity index is 1.49. The average molecular weight is 700 g/mol. The molecule has 3 aliphatic rings. The molecular formula is C35H41NO14. The Morgan fingerprint density at radius 1 is 1.00 bits per heavy atom. The number of phenolic OH excluding ortho intramolecular Hbond substituents is 3. The summed E-state index contributed by atoms with van der Waals surface area (Å²) >= 11 is 0. The highest BCUT2D eigenvalue weighted by Gasteiger charge is 2.48. The quantitative estimate of drug-likeness (QED) is 0.0795. The summed E-state index contributed by atoms with van der Waals surface area (Å²) in [5.74, 6) is -3.45. The van der Waals surface area contributed by atoms with Crippen LogP contribution in [-0.2, 0) is 35.0 Å². The number of nitrogens with zero attached hydrogens (tertiary/aromatic N) is 1. The topological polar surface area (TPSA) is 225 Å². The lowest BCUT2D eigenvalue weighted by molar-refractivity contribution is -0.339. The van der Waals surface area contributed by atoms with E-state index in [0.29, 0.717) is 23.1 Å². The molecule has 3 aliphatic heterocycles. The maximum Gasteiger partial charge on any atom is 0.337 e. The van der Waals surface area contributed by atoms with E-state index in [9.17, 15) is 45.3 Å². The second-order valence-electron chi connectivity index (χ2n) is 12.2. The minimum atomic E-state index is -1.74. The van der Waals surface area contributed by atoms with Crippen molar-refractivity contribution in [3.8, 4) is 23.0 Å². The van der Waals surface area contributed by atoms with Crippen molar-refractivity contribution in [3.63, 3.8) is 0 Å². The number of phenols is 3. The molecule has 1 fully saturated rings. The second-order valence-corrected chi connectivity index (χ2v) is 12.2. The molecule has 0 aliphatic carbocycles. The van der Waals surface area contributed by atoms with Crippen molar-refractivity contribution >= 4 is 18.0 Å². The molecule has 0 radical (unpaired) electrons. The fraction of sp³-hybridized carbons (Fsp3) is 0.429. The van der Waals surface area contributed by atoms with Crippen molar-refractivity contribution in [2.45, 2.75) is 55.9 Å². The van der Waals surface area contributed by atoms with Gasteiger partial charge in [0.2, 0.25) is 12.2 Å². The van der Waals surface area contributed by atoms with Crippen molar-refractivity contribution in [2.24, 2.45) is 11.8 Å². The summed E-state index contributed by atoms with van der Waals surface area (Å²) in [5.41, 5.74) is 1.77. The van der Waals surface area contributed by atoms with Gasteiger partial charge in [-0.1, -0.05) is 12.1 Å². The van der Waals surface area contributed by atoms with Gasteiger partial charge < -0.3 is 64.3 Å². The van der Waals surface area contributed by atoms with E-state index < -0.39 is 79.1 Å². The Labute approximate surface area is 287 Å². The van der Waals surface area contributed by atoms with Gasteiger partial charge in [0.1, 0.15) is 24.4 Å². The van der Waals surface area contributed by atoms with Crippen LogP contribution in [0.15, 0.2) is 60.9 Å². The van der Waals surface area contributed by atoms with Crippen LogP contribution in [-0.4, -0.2) is 117 Å². The third-order valence-electron chi connectivity index (χ3n) is 9.29. The molecule has 0 aromatic heterocycles. The highest BCUT2D eigenvalue weighted by atomic mass is 16.8. The van der Waals surface area contributed by atoms with Gasteiger partial charge in [-0.25, -0.2) is 4.79 Å². The number of benzene rings is 2. The van der Waals surface area contributed by atoms with E-state index in [4.69, 9.17) is 23.7 Å². The fourth-order valence-electron chi connectivity index (χ4n) is 6.59. The highest BCUT2D eigenvalue weighted by Crippen LogP contribution is 2.45. The Morgan fingerprint density at radius 2 is 1.74 bits per heavy atom.